The number of nitro groups is 1. The molecule has 0 fully saturated rings. The molecule has 0 aliphatic carbocycles. The highest BCUT2D eigenvalue weighted by atomic mass is 35.5. The van der Waals surface area contributed by atoms with Gasteiger partial charge in [-0.2, -0.15) is 0 Å². The molecule has 9 heteroatoms. The molecule has 0 saturated heterocycles. The number of nitrogens with zero attached hydrogens (tertiary/aromatic N) is 1. The minimum atomic E-state index is -0.656. The SMILES string of the molecule is O=C(COC(=O)CCCc1cccs1)Nc1ccc(Cl)cc1[N+](=O)[O-]. The van der Waals surface area contributed by atoms with Crippen molar-refractivity contribution < 1.29 is 19.2 Å². The number of carbonyl (C=O) groups is 2. The Balaban J connectivity index is 1.76. The Morgan fingerprint density at radius 3 is 2.80 bits per heavy atom. The standard InChI is InChI=1S/C16H15ClN2O5S/c17-11-6-7-13(14(9-11)19(22)23)18-15(20)10-24-16(21)5-1-3-12-4-2-8-25-12/h2,4,6-9H,1,3,5,10H2,(H,18,20). The number of hydrogen-bond donors (Lipinski definition) is 1. The first-order chi connectivity index (χ1) is 12.0. The van der Waals surface area contributed by atoms with Gasteiger partial charge in [-0.15, -0.1) is 11.3 Å². The van der Waals surface area contributed by atoms with Crippen LogP contribution in [0.2, 0.25) is 5.02 Å². The van der Waals surface area contributed by atoms with Crippen molar-refractivity contribution in [3.8, 4) is 0 Å². The number of esters is 1. The van der Waals surface area contributed by atoms with Gasteiger partial charge in [0, 0.05) is 22.4 Å². The summed E-state index contributed by atoms with van der Waals surface area (Å²) in [5, 5.41) is 15.4. The first-order valence-corrected chi connectivity index (χ1v) is 8.63. The lowest BCUT2D eigenvalue weighted by Gasteiger charge is -2.07. The number of amides is 1. The van der Waals surface area contributed by atoms with Crippen LogP contribution in [0.25, 0.3) is 0 Å². The van der Waals surface area contributed by atoms with Gasteiger partial charge in [-0.3, -0.25) is 19.7 Å². The molecule has 2 aromatic rings. The fourth-order valence-electron chi connectivity index (χ4n) is 2.03. The Kier molecular flexibility index (Phi) is 6.91. The predicted molar refractivity (Wildman–Crippen MR) is 95.0 cm³/mol. The summed E-state index contributed by atoms with van der Waals surface area (Å²) < 4.78 is 4.88. The van der Waals surface area contributed by atoms with Crippen molar-refractivity contribution in [2.75, 3.05) is 11.9 Å². The van der Waals surface area contributed by atoms with Crippen molar-refractivity contribution in [2.45, 2.75) is 19.3 Å². The van der Waals surface area contributed by atoms with Gasteiger partial charge in [-0.05, 0) is 36.4 Å². The first kappa shape index (κ1) is 18.9. The number of halogens is 1. The van der Waals surface area contributed by atoms with Crippen molar-refractivity contribution in [1.29, 1.82) is 0 Å². The molecule has 1 N–H and O–H groups in total. The molecule has 0 spiro atoms. The van der Waals surface area contributed by atoms with Gasteiger partial charge < -0.3 is 10.1 Å². The third kappa shape index (κ3) is 6.17. The minimum Gasteiger partial charge on any atom is -0.456 e. The van der Waals surface area contributed by atoms with Crippen LogP contribution in [0.3, 0.4) is 0 Å². The van der Waals surface area contributed by atoms with Crippen LogP contribution >= 0.6 is 22.9 Å². The number of benzene rings is 1. The number of nitro benzene ring substituents is 1. The normalized spacial score (nSPS) is 10.3. The topological polar surface area (TPSA) is 98.5 Å². The molecule has 0 aliphatic rings. The third-order valence-electron chi connectivity index (χ3n) is 3.18. The fourth-order valence-corrected chi connectivity index (χ4v) is 2.95. The molecule has 0 saturated carbocycles. The largest absolute Gasteiger partial charge is 0.456 e. The molecular formula is C16H15ClN2O5S. The molecule has 0 aliphatic heterocycles. The van der Waals surface area contributed by atoms with E-state index in [1.807, 2.05) is 17.5 Å². The maximum Gasteiger partial charge on any atom is 0.306 e. The van der Waals surface area contributed by atoms with E-state index in [9.17, 15) is 19.7 Å². The van der Waals surface area contributed by atoms with Crippen LogP contribution in [0, 0.1) is 10.1 Å². The summed E-state index contributed by atoms with van der Waals surface area (Å²) in [7, 11) is 0. The van der Waals surface area contributed by atoms with E-state index >= 15 is 0 Å². The smallest absolute Gasteiger partial charge is 0.306 e. The molecule has 1 aromatic carbocycles. The lowest BCUT2D eigenvalue weighted by molar-refractivity contribution is -0.383. The van der Waals surface area contributed by atoms with Gasteiger partial charge in [0.1, 0.15) is 5.69 Å². The van der Waals surface area contributed by atoms with E-state index in [2.05, 4.69) is 5.32 Å². The Labute approximate surface area is 152 Å². The summed E-state index contributed by atoms with van der Waals surface area (Å²) in [5.74, 6) is -1.14. The number of ether oxygens (including phenoxy) is 1. The molecule has 132 valence electrons. The Hall–Kier alpha value is -2.45. The highest BCUT2D eigenvalue weighted by Gasteiger charge is 2.17. The number of carbonyl (C=O) groups excluding carboxylic acids is 2. The summed E-state index contributed by atoms with van der Waals surface area (Å²) in [6.07, 6.45) is 1.60. The lowest BCUT2D eigenvalue weighted by Crippen LogP contribution is -2.21. The molecule has 1 amide bonds. The number of nitrogens with one attached hydrogen (secondary N) is 1. The molecule has 0 bridgehead atoms. The molecule has 1 heterocycles. The Morgan fingerprint density at radius 1 is 1.32 bits per heavy atom. The Morgan fingerprint density at radius 2 is 2.12 bits per heavy atom. The fraction of sp³-hybridized carbons (Fsp3) is 0.250. The number of anilines is 1. The highest BCUT2D eigenvalue weighted by molar-refractivity contribution is 7.09. The molecule has 0 atom stereocenters. The second kappa shape index (κ2) is 9.14. The van der Waals surface area contributed by atoms with Crippen LogP contribution < -0.4 is 5.32 Å². The van der Waals surface area contributed by atoms with E-state index in [0.29, 0.717) is 6.42 Å². The van der Waals surface area contributed by atoms with Crippen LogP contribution in [-0.2, 0) is 20.7 Å². The second-order valence-corrected chi connectivity index (χ2v) is 6.53. The third-order valence-corrected chi connectivity index (χ3v) is 4.35. The zero-order valence-corrected chi connectivity index (χ0v) is 14.6. The van der Waals surface area contributed by atoms with Gasteiger partial charge in [-0.1, -0.05) is 17.7 Å². The van der Waals surface area contributed by atoms with Crippen LogP contribution in [-0.4, -0.2) is 23.4 Å². The van der Waals surface area contributed by atoms with E-state index in [1.54, 1.807) is 11.3 Å². The quantitative estimate of drug-likeness (QED) is 0.425. The van der Waals surface area contributed by atoms with E-state index in [1.165, 1.54) is 17.0 Å². The van der Waals surface area contributed by atoms with Gasteiger partial charge in [-0.25, -0.2) is 0 Å². The minimum absolute atomic E-state index is 0.00635. The van der Waals surface area contributed by atoms with Crippen molar-refractivity contribution >= 4 is 46.2 Å². The summed E-state index contributed by atoms with van der Waals surface area (Å²) in [6, 6.07) is 7.80. The molecule has 0 radical (unpaired) electrons. The number of rotatable bonds is 8. The predicted octanol–water partition coefficient (Wildman–Crippen LogP) is 3.81. The average molecular weight is 383 g/mol. The van der Waals surface area contributed by atoms with Crippen molar-refractivity contribution in [1.82, 2.24) is 0 Å². The van der Waals surface area contributed by atoms with Gasteiger partial charge in [0.15, 0.2) is 6.61 Å². The van der Waals surface area contributed by atoms with Crippen molar-refractivity contribution in [2.24, 2.45) is 0 Å². The van der Waals surface area contributed by atoms with E-state index in [0.717, 1.165) is 12.5 Å². The second-order valence-electron chi connectivity index (χ2n) is 5.06. The van der Waals surface area contributed by atoms with Gasteiger partial charge >= 0.3 is 5.97 Å². The van der Waals surface area contributed by atoms with E-state index in [4.69, 9.17) is 16.3 Å². The van der Waals surface area contributed by atoms with Gasteiger partial charge in [0.25, 0.3) is 11.6 Å². The zero-order chi connectivity index (χ0) is 18.2. The lowest BCUT2D eigenvalue weighted by atomic mass is 10.2. The summed E-state index contributed by atoms with van der Waals surface area (Å²) in [6.45, 7) is -0.502. The summed E-state index contributed by atoms with van der Waals surface area (Å²) >= 11 is 7.32. The van der Waals surface area contributed by atoms with Crippen LogP contribution in [0.15, 0.2) is 35.7 Å². The number of thiophene rings is 1. The highest BCUT2D eigenvalue weighted by Crippen LogP contribution is 2.27. The average Bonchev–Trinajstić information content (AvgIpc) is 3.08. The maximum absolute atomic E-state index is 11.8. The number of aryl methyl sites for hydroxylation is 1. The maximum atomic E-state index is 11.8. The van der Waals surface area contributed by atoms with Gasteiger partial charge in [0.2, 0.25) is 0 Å². The molecular weight excluding hydrogens is 368 g/mol. The molecule has 1 aromatic heterocycles. The monoisotopic (exact) mass is 382 g/mol. The van der Waals surface area contributed by atoms with Crippen molar-refractivity contribution in [3.05, 3.63) is 55.7 Å². The van der Waals surface area contributed by atoms with Crippen molar-refractivity contribution in [3.63, 3.8) is 0 Å². The van der Waals surface area contributed by atoms with Crippen LogP contribution in [0.4, 0.5) is 11.4 Å². The Bertz CT molecular complexity index is 764. The zero-order valence-electron chi connectivity index (χ0n) is 13.1. The van der Waals surface area contributed by atoms with Gasteiger partial charge in [0.05, 0.1) is 4.92 Å². The molecule has 0 unspecified atom stereocenters. The first-order valence-electron chi connectivity index (χ1n) is 7.37. The molecule has 2 rings (SSSR count). The van der Waals surface area contributed by atoms with Crippen LogP contribution in [0.1, 0.15) is 17.7 Å². The molecule has 7 nitrogen and oxygen atoms in total. The van der Waals surface area contributed by atoms with E-state index < -0.39 is 23.4 Å². The summed E-state index contributed by atoms with van der Waals surface area (Å²) in [5.41, 5.74) is -0.337. The van der Waals surface area contributed by atoms with Crippen LogP contribution in [0.5, 0.6) is 0 Å². The molecule has 25 heavy (non-hydrogen) atoms. The van der Waals surface area contributed by atoms with E-state index in [-0.39, 0.29) is 22.8 Å². The summed E-state index contributed by atoms with van der Waals surface area (Å²) in [4.78, 5) is 34.9. The number of hydrogen-bond acceptors (Lipinski definition) is 6.